The highest BCUT2D eigenvalue weighted by molar-refractivity contribution is 6.03. The first-order valence-electron chi connectivity index (χ1n) is 11.8. The number of aromatic nitrogens is 2. The molecule has 0 atom stereocenters. The van der Waals surface area contributed by atoms with E-state index in [0.717, 1.165) is 56.5 Å². The second-order valence-electron chi connectivity index (χ2n) is 9.74. The largest absolute Gasteiger partial charge is 0.490 e. The van der Waals surface area contributed by atoms with E-state index in [4.69, 9.17) is 21.3 Å². The molecule has 5 rings (SSSR count). The summed E-state index contributed by atoms with van der Waals surface area (Å²) in [7, 11) is 0. The third kappa shape index (κ3) is 3.87. The van der Waals surface area contributed by atoms with Gasteiger partial charge in [0.05, 0.1) is 12.1 Å². The maximum Gasteiger partial charge on any atom is 0.254 e. The second kappa shape index (κ2) is 8.24. The lowest BCUT2D eigenvalue weighted by atomic mass is 9.65. The van der Waals surface area contributed by atoms with Gasteiger partial charge in [0.25, 0.3) is 5.91 Å². The van der Waals surface area contributed by atoms with Crippen LogP contribution in [0.5, 0.6) is 5.75 Å². The number of likely N-dealkylation sites (tertiary alicyclic amines) is 1. The number of rotatable bonds is 6. The molecule has 174 valence electrons. The molecule has 1 aliphatic heterocycles. The van der Waals surface area contributed by atoms with Crippen LogP contribution in [0.4, 0.5) is 5.82 Å². The zero-order valence-corrected chi connectivity index (χ0v) is 18.8. The van der Waals surface area contributed by atoms with Crippen LogP contribution in [0.25, 0.3) is 11.3 Å². The van der Waals surface area contributed by atoms with Crippen molar-refractivity contribution in [3.05, 3.63) is 42.5 Å². The summed E-state index contributed by atoms with van der Waals surface area (Å²) in [6.45, 7) is 5.06. The highest BCUT2D eigenvalue weighted by Crippen LogP contribution is 2.54. The van der Waals surface area contributed by atoms with Crippen LogP contribution in [0.3, 0.4) is 0 Å². The minimum Gasteiger partial charge on any atom is -0.490 e. The molecule has 33 heavy (non-hydrogen) atoms. The first kappa shape index (κ1) is 21.6. The quantitative estimate of drug-likeness (QED) is 0.657. The van der Waals surface area contributed by atoms with E-state index in [-0.39, 0.29) is 29.0 Å². The van der Waals surface area contributed by atoms with Gasteiger partial charge in [-0.1, -0.05) is 6.58 Å². The van der Waals surface area contributed by atoms with Gasteiger partial charge in [-0.2, -0.15) is 5.10 Å². The summed E-state index contributed by atoms with van der Waals surface area (Å²) in [5.41, 5.74) is 13.7. The van der Waals surface area contributed by atoms with E-state index in [0.29, 0.717) is 11.5 Å². The molecule has 2 heterocycles. The smallest absolute Gasteiger partial charge is 0.254 e. The van der Waals surface area contributed by atoms with Gasteiger partial charge in [-0.05, 0) is 80.7 Å². The summed E-state index contributed by atoms with van der Waals surface area (Å²) >= 11 is 0. The number of hydrogen-bond donors (Lipinski definition) is 2. The molecule has 0 bridgehead atoms. The maximum atomic E-state index is 12.3. The summed E-state index contributed by atoms with van der Waals surface area (Å²) in [6, 6.07) is 7.72. The number of hydrogen-bond acceptors (Lipinski definition) is 5. The van der Waals surface area contributed by atoms with Gasteiger partial charge in [0.15, 0.2) is 0 Å². The third-order valence-electron chi connectivity index (χ3n) is 7.53. The summed E-state index contributed by atoms with van der Waals surface area (Å²) in [6.07, 6.45) is 8.97. The average Bonchev–Trinajstić information content (AvgIpc) is 3.51. The lowest BCUT2D eigenvalue weighted by Gasteiger charge is -2.45. The van der Waals surface area contributed by atoms with Gasteiger partial charge < -0.3 is 21.1 Å². The zero-order chi connectivity index (χ0) is 23.2. The van der Waals surface area contributed by atoms with Crippen LogP contribution >= 0.6 is 0 Å². The molecule has 1 saturated heterocycles. The van der Waals surface area contributed by atoms with E-state index in [1.807, 2.05) is 29.2 Å². The second-order valence-corrected chi connectivity index (χ2v) is 9.74. The number of carbonyl (C=O) groups excluding carboxylic acids is 2. The van der Waals surface area contributed by atoms with Crippen molar-refractivity contribution >= 4 is 17.6 Å². The lowest BCUT2D eigenvalue weighted by molar-refractivity contribution is -0.125. The standard InChI is InChI=1S/C25H31N5O3/c1-2-20(31)29-12-11-25(15-29)13-17(14-25)30-23(26)21(24(27)32)22(28-30)16-7-9-19(10-8-16)33-18-5-3-4-6-18/h2,7-10,17-18H,1,3-6,11-15,26H2,(H2,27,32). The number of nitrogen functional groups attached to an aromatic ring is 1. The number of benzene rings is 1. The maximum absolute atomic E-state index is 12.3. The van der Waals surface area contributed by atoms with Gasteiger partial charge in [0, 0.05) is 18.7 Å². The minimum atomic E-state index is -0.585. The Kier molecular flexibility index (Phi) is 5.38. The Labute approximate surface area is 193 Å². The van der Waals surface area contributed by atoms with Crippen LogP contribution in [0.2, 0.25) is 0 Å². The Hall–Kier alpha value is -3.29. The Morgan fingerprint density at radius 2 is 1.88 bits per heavy atom. The van der Waals surface area contributed by atoms with E-state index in [2.05, 4.69) is 6.58 Å². The van der Waals surface area contributed by atoms with Crippen molar-refractivity contribution < 1.29 is 14.3 Å². The van der Waals surface area contributed by atoms with Crippen molar-refractivity contribution in [3.8, 4) is 17.0 Å². The van der Waals surface area contributed by atoms with Crippen LogP contribution in [0, 0.1) is 5.41 Å². The number of nitrogens with zero attached hydrogens (tertiary/aromatic N) is 3. The predicted octanol–water partition coefficient (Wildman–Crippen LogP) is 3.29. The molecule has 2 saturated carbocycles. The Morgan fingerprint density at radius 1 is 1.18 bits per heavy atom. The van der Waals surface area contributed by atoms with Gasteiger partial charge in [0.1, 0.15) is 22.8 Å². The predicted molar refractivity (Wildman–Crippen MR) is 126 cm³/mol. The number of anilines is 1. The molecule has 1 aromatic carbocycles. The molecular formula is C25H31N5O3. The molecule has 1 aromatic heterocycles. The van der Waals surface area contributed by atoms with Crippen LogP contribution in [0.15, 0.2) is 36.9 Å². The van der Waals surface area contributed by atoms with Gasteiger partial charge in [-0.25, -0.2) is 4.68 Å². The molecule has 0 unspecified atom stereocenters. The number of nitrogens with two attached hydrogens (primary N) is 2. The lowest BCUT2D eigenvalue weighted by Crippen LogP contribution is -2.42. The van der Waals surface area contributed by atoms with E-state index in [1.165, 1.54) is 18.9 Å². The number of carbonyl (C=O) groups is 2. The summed E-state index contributed by atoms with van der Waals surface area (Å²) in [4.78, 5) is 26.1. The molecule has 8 heteroatoms. The van der Waals surface area contributed by atoms with E-state index < -0.39 is 5.91 Å². The summed E-state index contributed by atoms with van der Waals surface area (Å²) in [5, 5.41) is 4.73. The highest BCUT2D eigenvalue weighted by atomic mass is 16.5. The molecule has 3 aliphatic rings. The number of ether oxygens (including phenoxy) is 1. The van der Waals surface area contributed by atoms with Gasteiger partial charge in [-0.15, -0.1) is 0 Å². The number of amides is 2. The van der Waals surface area contributed by atoms with E-state index in [1.54, 1.807) is 4.68 Å². The Balaban J connectivity index is 1.34. The monoisotopic (exact) mass is 449 g/mol. The van der Waals surface area contributed by atoms with E-state index >= 15 is 0 Å². The topological polar surface area (TPSA) is 116 Å². The van der Waals surface area contributed by atoms with Crippen molar-refractivity contribution in [2.45, 2.75) is 57.1 Å². The van der Waals surface area contributed by atoms with Crippen molar-refractivity contribution in [1.82, 2.24) is 14.7 Å². The van der Waals surface area contributed by atoms with Crippen molar-refractivity contribution in [2.24, 2.45) is 11.1 Å². The molecule has 2 amide bonds. The first-order valence-corrected chi connectivity index (χ1v) is 11.8. The summed E-state index contributed by atoms with van der Waals surface area (Å²) < 4.78 is 7.80. The fourth-order valence-electron chi connectivity index (χ4n) is 5.76. The average molecular weight is 450 g/mol. The van der Waals surface area contributed by atoms with Gasteiger partial charge in [0.2, 0.25) is 5.91 Å². The van der Waals surface area contributed by atoms with Crippen LogP contribution in [-0.2, 0) is 4.79 Å². The molecule has 3 fully saturated rings. The van der Waals surface area contributed by atoms with Crippen molar-refractivity contribution in [1.29, 1.82) is 0 Å². The first-order chi connectivity index (χ1) is 15.9. The summed E-state index contributed by atoms with van der Waals surface area (Å²) in [5.74, 6) is 0.519. The molecule has 4 N–H and O–H groups in total. The Morgan fingerprint density at radius 3 is 2.52 bits per heavy atom. The van der Waals surface area contributed by atoms with Crippen molar-refractivity contribution in [2.75, 3.05) is 18.8 Å². The Bertz CT molecular complexity index is 1080. The molecule has 2 aromatic rings. The fourth-order valence-corrected chi connectivity index (χ4v) is 5.76. The molecule has 0 radical (unpaired) electrons. The van der Waals surface area contributed by atoms with Crippen molar-refractivity contribution in [3.63, 3.8) is 0 Å². The van der Waals surface area contributed by atoms with Gasteiger partial charge >= 0.3 is 0 Å². The fraction of sp³-hybridized carbons (Fsp3) is 0.480. The molecule has 1 spiro atoms. The molecule has 2 aliphatic carbocycles. The SMILES string of the molecule is C=CC(=O)N1CCC2(CC(n3nc(-c4ccc(OC5CCCC5)cc4)c(C(N)=O)c3N)C2)C1. The van der Waals surface area contributed by atoms with Crippen LogP contribution < -0.4 is 16.2 Å². The zero-order valence-electron chi connectivity index (χ0n) is 18.8. The third-order valence-corrected chi connectivity index (χ3v) is 7.53. The van der Waals surface area contributed by atoms with Gasteiger partial charge in [-0.3, -0.25) is 9.59 Å². The van der Waals surface area contributed by atoms with E-state index in [9.17, 15) is 9.59 Å². The van der Waals surface area contributed by atoms with Crippen LogP contribution in [-0.4, -0.2) is 45.7 Å². The normalized spacial score (nSPS) is 24.7. The minimum absolute atomic E-state index is 0.0208. The molecule has 8 nitrogen and oxygen atoms in total. The number of primary amides is 1. The van der Waals surface area contributed by atoms with Crippen LogP contribution in [0.1, 0.15) is 61.3 Å². The molecular weight excluding hydrogens is 418 g/mol. The highest BCUT2D eigenvalue weighted by Gasteiger charge is 2.50.